The van der Waals surface area contributed by atoms with Gasteiger partial charge in [0, 0.05) is 18.8 Å². The molecule has 3 aromatic rings. The van der Waals surface area contributed by atoms with E-state index in [1.807, 2.05) is 14.0 Å². The summed E-state index contributed by atoms with van der Waals surface area (Å²) >= 11 is 0. The van der Waals surface area contributed by atoms with Crippen LogP contribution in [0, 0.1) is 6.92 Å². The maximum atomic E-state index is 4.59. The highest BCUT2D eigenvalue weighted by Crippen LogP contribution is 2.24. The van der Waals surface area contributed by atoms with Gasteiger partial charge in [-0.15, -0.1) is 0 Å². The number of imidazole rings is 1. The average molecular weight is 304 g/mol. The van der Waals surface area contributed by atoms with Crippen LogP contribution in [0.5, 0.6) is 0 Å². The van der Waals surface area contributed by atoms with Crippen molar-refractivity contribution in [3.8, 4) is 11.4 Å². The van der Waals surface area contributed by atoms with Gasteiger partial charge in [-0.25, -0.2) is 4.98 Å². The van der Waals surface area contributed by atoms with Gasteiger partial charge in [0.25, 0.3) is 0 Å². The molecule has 0 bridgehead atoms. The van der Waals surface area contributed by atoms with Crippen LogP contribution in [0.25, 0.3) is 11.4 Å². The Kier molecular flexibility index (Phi) is 4.33. The largest absolute Gasteiger partial charge is 0.334 e. The number of hydrogen-bond donors (Lipinski definition) is 0. The normalized spacial score (nSPS) is 11.2. The van der Waals surface area contributed by atoms with Crippen molar-refractivity contribution in [1.29, 1.82) is 0 Å². The van der Waals surface area contributed by atoms with E-state index >= 15 is 0 Å². The molecular weight excluding hydrogens is 280 g/mol. The van der Waals surface area contributed by atoms with Gasteiger partial charge in [0.05, 0.1) is 5.69 Å². The Hall–Kier alpha value is -2.35. The molecule has 0 aliphatic heterocycles. The van der Waals surface area contributed by atoms with Gasteiger partial charge in [-0.2, -0.15) is 0 Å². The summed E-state index contributed by atoms with van der Waals surface area (Å²) in [4.78, 5) is 4.59. The molecular formula is C21H24N2. The fraction of sp³-hybridized carbons (Fsp3) is 0.286. The molecule has 0 aliphatic carbocycles. The van der Waals surface area contributed by atoms with Crippen molar-refractivity contribution < 1.29 is 0 Å². The summed E-state index contributed by atoms with van der Waals surface area (Å²) < 4.78 is 2.08. The van der Waals surface area contributed by atoms with Crippen LogP contribution in [0.3, 0.4) is 0 Å². The van der Waals surface area contributed by atoms with Gasteiger partial charge in [-0.05, 0) is 36.0 Å². The van der Waals surface area contributed by atoms with Crippen LogP contribution in [0.2, 0.25) is 0 Å². The standard InChI is InChI=1S/C21H24N2/c1-15(2)20-8-6-5-7-19(20)13-17-9-11-18(12-10-17)21-22-16(3)14-23(21)4/h5-12,14-15H,13H2,1-4H3. The molecule has 0 N–H and O–H groups in total. The number of hydrogen-bond acceptors (Lipinski definition) is 1. The molecule has 0 unspecified atom stereocenters. The first-order valence-corrected chi connectivity index (χ1v) is 8.21. The van der Waals surface area contributed by atoms with Crippen molar-refractivity contribution >= 4 is 0 Å². The SMILES string of the molecule is Cc1cn(C)c(-c2ccc(Cc3ccccc3C(C)C)cc2)n1. The van der Waals surface area contributed by atoms with E-state index < -0.39 is 0 Å². The molecule has 0 amide bonds. The van der Waals surface area contributed by atoms with Crippen LogP contribution >= 0.6 is 0 Å². The number of aromatic nitrogens is 2. The molecule has 23 heavy (non-hydrogen) atoms. The van der Waals surface area contributed by atoms with Crippen LogP contribution in [0.1, 0.15) is 42.1 Å². The van der Waals surface area contributed by atoms with Gasteiger partial charge in [0.15, 0.2) is 0 Å². The lowest BCUT2D eigenvalue weighted by molar-refractivity contribution is 0.848. The third-order valence-electron chi connectivity index (χ3n) is 4.28. The van der Waals surface area contributed by atoms with Crippen LogP contribution in [0.4, 0.5) is 0 Å². The Bertz CT molecular complexity index is 795. The molecule has 3 rings (SSSR count). The molecule has 118 valence electrons. The molecule has 0 saturated heterocycles. The zero-order chi connectivity index (χ0) is 16.4. The van der Waals surface area contributed by atoms with Crippen molar-refractivity contribution in [2.24, 2.45) is 7.05 Å². The van der Waals surface area contributed by atoms with E-state index in [2.05, 4.69) is 78.1 Å². The topological polar surface area (TPSA) is 17.8 Å². The minimum atomic E-state index is 0.556. The van der Waals surface area contributed by atoms with Crippen molar-refractivity contribution in [3.63, 3.8) is 0 Å². The van der Waals surface area contributed by atoms with Crippen LogP contribution in [-0.2, 0) is 13.5 Å². The fourth-order valence-corrected chi connectivity index (χ4v) is 3.13. The summed E-state index contributed by atoms with van der Waals surface area (Å²) in [5.74, 6) is 1.58. The zero-order valence-corrected chi connectivity index (χ0v) is 14.4. The van der Waals surface area contributed by atoms with Gasteiger partial charge in [0.2, 0.25) is 0 Å². The summed E-state index contributed by atoms with van der Waals surface area (Å²) in [6.45, 7) is 6.54. The number of rotatable bonds is 4. The van der Waals surface area contributed by atoms with Gasteiger partial charge in [-0.1, -0.05) is 62.4 Å². The molecule has 2 heteroatoms. The van der Waals surface area contributed by atoms with Gasteiger partial charge < -0.3 is 4.57 Å². The predicted octanol–water partition coefficient (Wildman–Crippen LogP) is 5.11. The Balaban J connectivity index is 1.85. The lowest BCUT2D eigenvalue weighted by Gasteiger charge is -2.13. The third kappa shape index (κ3) is 3.37. The second-order valence-electron chi connectivity index (χ2n) is 6.54. The average Bonchev–Trinajstić information content (AvgIpc) is 2.87. The molecule has 1 heterocycles. The van der Waals surface area contributed by atoms with E-state index in [9.17, 15) is 0 Å². The second kappa shape index (κ2) is 6.41. The Morgan fingerprint density at radius 3 is 2.30 bits per heavy atom. The molecule has 2 nitrogen and oxygen atoms in total. The number of aryl methyl sites for hydroxylation is 2. The molecule has 1 aromatic heterocycles. The minimum Gasteiger partial charge on any atom is -0.334 e. The highest BCUT2D eigenvalue weighted by molar-refractivity contribution is 5.56. The molecule has 0 saturated carbocycles. The van der Waals surface area contributed by atoms with E-state index in [4.69, 9.17) is 0 Å². The van der Waals surface area contributed by atoms with E-state index in [0.717, 1.165) is 17.9 Å². The summed E-state index contributed by atoms with van der Waals surface area (Å²) in [6.07, 6.45) is 3.04. The van der Waals surface area contributed by atoms with Gasteiger partial charge >= 0.3 is 0 Å². The van der Waals surface area contributed by atoms with Crippen molar-refractivity contribution in [2.75, 3.05) is 0 Å². The first kappa shape index (κ1) is 15.5. The predicted molar refractivity (Wildman–Crippen MR) is 96.7 cm³/mol. The number of nitrogens with zero attached hydrogens (tertiary/aromatic N) is 2. The first-order chi connectivity index (χ1) is 11.0. The van der Waals surface area contributed by atoms with E-state index in [1.54, 1.807) is 0 Å². The Labute approximate surface area is 138 Å². The van der Waals surface area contributed by atoms with E-state index in [1.165, 1.54) is 22.3 Å². The summed E-state index contributed by atoms with van der Waals surface area (Å²) in [6, 6.07) is 17.5. The highest BCUT2D eigenvalue weighted by Gasteiger charge is 2.08. The monoisotopic (exact) mass is 304 g/mol. The Morgan fingerprint density at radius 2 is 1.70 bits per heavy atom. The third-order valence-corrected chi connectivity index (χ3v) is 4.28. The van der Waals surface area contributed by atoms with Crippen LogP contribution < -0.4 is 0 Å². The minimum absolute atomic E-state index is 0.556. The molecule has 0 radical (unpaired) electrons. The molecule has 0 fully saturated rings. The summed E-state index contributed by atoms with van der Waals surface area (Å²) in [5, 5.41) is 0. The van der Waals surface area contributed by atoms with E-state index in [0.29, 0.717) is 5.92 Å². The van der Waals surface area contributed by atoms with Crippen molar-refractivity contribution in [3.05, 3.63) is 77.1 Å². The van der Waals surface area contributed by atoms with Gasteiger partial charge in [0.1, 0.15) is 5.82 Å². The lowest BCUT2D eigenvalue weighted by Crippen LogP contribution is -1.97. The molecule has 2 aromatic carbocycles. The summed E-state index contributed by atoms with van der Waals surface area (Å²) in [5.41, 5.74) is 6.42. The Morgan fingerprint density at radius 1 is 1.00 bits per heavy atom. The molecule has 0 spiro atoms. The smallest absolute Gasteiger partial charge is 0.139 e. The first-order valence-electron chi connectivity index (χ1n) is 8.21. The van der Waals surface area contributed by atoms with E-state index in [-0.39, 0.29) is 0 Å². The maximum absolute atomic E-state index is 4.59. The van der Waals surface area contributed by atoms with Crippen LogP contribution in [0.15, 0.2) is 54.7 Å². The van der Waals surface area contributed by atoms with Crippen molar-refractivity contribution in [1.82, 2.24) is 9.55 Å². The van der Waals surface area contributed by atoms with Crippen molar-refractivity contribution in [2.45, 2.75) is 33.1 Å². The maximum Gasteiger partial charge on any atom is 0.139 e. The zero-order valence-electron chi connectivity index (χ0n) is 14.4. The van der Waals surface area contributed by atoms with Gasteiger partial charge in [-0.3, -0.25) is 0 Å². The highest BCUT2D eigenvalue weighted by atomic mass is 15.0. The van der Waals surface area contributed by atoms with Crippen LogP contribution in [-0.4, -0.2) is 9.55 Å². The lowest BCUT2D eigenvalue weighted by atomic mass is 9.93. The quantitative estimate of drug-likeness (QED) is 0.655. The molecule has 0 aliphatic rings. The molecule has 0 atom stereocenters. The number of benzene rings is 2. The summed E-state index contributed by atoms with van der Waals surface area (Å²) in [7, 11) is 2.04. The second-order valence-corrected chi connectivity index (χ2v) is 6.54. The fourth-order valence-electron chi connectivity index (χ4n) is 3.13.